The van der Waals surface area contributed by atoms with E-state index < -0.39 is 0 Å². The van der Waals surface area contributed by atoms with E-state index in [1.54, 1.807) is 10.6 Å². The molecule has 0 aliphatic rings. The maximum absolute atomic E-state index is 6.26. The lowest BCUT2D eigenvalue weighted by molar-refractivity contribution is 0.871. The Morgan fingerprint density at radius 1 is 1.14 bits per heavy atom. The topological polar surface area (TPSA) is 58.4 Å². The molecule has 3 heterocycles. The van der Waals surface area contributed by atoms with Crippen LogP contribution in [0.25, 0.3) is 16.6 Å². The standard InChI is InChI=1S/C21H23ClN6/c1-13(2)16-12-24-28-19(10-18(22)26-21(16)28)23-11-15-9-8-14-6-5-7-17(27(3)4)20(14)25-15/h5-10,12-13,23H,11H2,1-4H3. The van der Waals surface area contributed by atoms with Gasteiger partial charge in [0.05, 0.1) is 29.6 Å². The van der Waals surface area contributed by atoms with Crippen molar-refractivity contribution in [2.45, 2.75) is 26.3 Å². The molecule has 4 aromatic rings. The molecule has 7 heteroatoms. The van der Waals surface area contributed by atoms with Crippen LogP contribution in [0.2, 0.25) is 5.15 Å². The van der Waals surface area contributed by atoms with Crippen LogP contribution in [0.4, 0.5) is 11.5 Å². The monoisotopic (exact) mass is 394 g/mol. The Balaban J connectivity index is 1.67. The average Bonchev–Trinajstić information content (AvgIpc) is 3.09. The summed E-state index contributed by atoms with van der Waals surface area (Å²) in [5.41, 5.74) is 4.89. The third-order valence-corrected chi connectivity index (χ3v) is 4.97. The molecule has 0 amide bonds. The van der Waals surface area contributed by atoms with Gasteiger partial charge in [-0.2, -0.15) is 9.61 Å². The molecule has 28 heavy (non-hydrogen) atoms. The molecule has 0 bridgehead atoms. The van der Waals surface area contributed by atoms with Gasteiger partial charge in [0.1, 0.15) is 11.0 Å². The van der Waals surface area contributed by atoms with E-state index in [9.17, 15) is 0 Å². The van der Waals surface area contributed by atoms with E-state index >= 15 is 0 Å². The van der Waals surface area contributed by atoms with Crippen LogP contribution < -0.4 is 10.2 Å². The lowest BCUT2D eigenvalue weighted by Crippen LogP contribution is -2.11. The van der Waals surface area contributed by atoms with E-state index in [1.165, 1.54) is 0 Å². The molecule has 4 rings (SSSR count). The summed E-state index contributed by atoms with van der Waals surface area (Å²) < 4.78 is 1.80. The number of nitrogens with one attached hydrogen (secondary N) is 1. The van der Waals surface area contributed by atoms with Gasteiger partial charge in [-0.05, 0) is 18.1 Å². The third kappa shape index (κ3) is 3.36. The number of pyridine rings is 1. The van der Waals surface area contributed by atoms with E-state index in [4.69, 9.17) is 16.6 Å². The van der Waals surface area contributed by atoms with Gasteiger partial charge in [-0.25, -0.2) is 9.97 Å². The summed E-state index contributed by atoms with van der Waals surface area (Å²) in [6.07, 6.45) is 1.85. The van der Waals surface area contributed by atoms with Crippen molar-refractivity contribution in [2.24, 2.45) is 0 Å². The lowest BCUT2D eigenvalue weighted by Gasteiger charge is -2.15. The molecule has 0 radical (unpaired) electrons. The Bertz CT molecular complexity index is 1150. The minimum atomic E-state index is 0.322. The van der Waals surface area contributed by atoms with Crippen LogP contribution in [0.5, 0.6) is 0 Å². The molecule has 1 N–H and O–H groups in total. The fourth-order valence-corrected chi connectivity index (χ4v) is 3.48. The molecule has 144 valence electrons. The summed E-state index contributed by atoms with van der Waals surface area (Å²) in [5.74, 6) is 1.12. The number of rotatable bonds is 5. The molecule has 1 aromatic carbocycles. The molecule has 0 saturated heterocycles. The first-order valence-corrected chi connectivity index (χ1v) is 9.66. The fraction of sp³-hybridized carbons (Fsp3) is 0.286. The summed E-state index contributed by atoms with van der Waals surface area (Å²) in [7, 11) is 4.06. The highest BCUT2D eigenvalue weighted by Gasteiger charge is 2.13. The largest absolute Gasteiger partial charge is 0.376 e. The highest BCUT2D eigenvalue weighted by molar-refractivity contribution is 6.29. The molecule has 3 aromatic heterocycles. The SMILES string of the molecule is CC(C)c1cnn2c(NCc3ccc4cccc(N(C)C)c4n3)cc(Cl)nc12. The van der Waals surface area contributed by atoms with Gasteiger partial charge < -0.3 is 10.2 Å². The smallest absolute Gasteiger partial charge is 0.162 e. The number of hydrogen-bond donors (Lipinski definition) is 1. The highest BCUT2D eigenvalue weighted by atomic mass is 35.5. The van der Waals surface area contributed by atoms with Crippen LogP contribution in [0.1, 0.15) is 31.0 Å². The van der Waals surface area contributed by atoms with Gasteiger partial charge >= 0.3 is 0 Å². The van der Waals surface area contributed by atoms with Crippen molar-refractivity contribution in [3.05, 3.63) is 59.0 Å². The Morgan fingerprint density at radius 2 is 1.96 bits per heavy atom. The van der Waals surface area contributed by atoms with Crippen molar-refractivity contribution < 1.29 is 0 Å². The van der Waals surface area contributed by atoms with Crippen LogP contribution in [0, 0.1) is 0 Å². The van der Waals surface area contributed by atoms with Gasteiger partial charge in [-0.1, -0.05) is 43.6 Å². The maximum atomic E-state index is 6.26. The lowest BCUT2D eigenvalue weighted by atomic mass is 10.1. The van der Waals surface area contributed by atoms with Crippen LogP contribution in [-0.4, -0.2) is 33.7 Å². The number of nitrogens with zero attached hydrogens (tertiary/aromatic N) is 5. The third-order valence-electron chi connectivity index (χ3n) is 4.78. The van der Waals surface area contributed by atoms with Crippen LogP contribution in [0.15, 0.2) is 42.6 Å². The first-order chi connectivity index (χ1) is 13.4. The minimum absolute atomic E-state index is 0.322. The molecule has 6 nitrogen and oxygen atoms in total. The Labute approximate surface area is 169 Å². The summed E-state index contributed by atoms with van der Waals surface area (Å²) in [6, 6.07) is 12.1. The quantitative estimate of drug-likeness (QED) is 0.496. The predicted molar refractivity (Wildman–Crippen MR) is 115 cm³/mol. The molecule has 0 spiro atoms. The number of para-hydroxylation sites is 1. The normalized spacial score (nSPS) is 11.5. The van der Waals surface area contributed by atoms with Gasteiger partial charge in [-0.15, -0.1) is 0 Å². The number of benzene rings is 1. The Hall–Kier alpha value is -2.86. The molecule has 0 fully saturated rings. The number of hydrogen-bond acceptors (Lipinski definition) is 5. The molecule has 0 saturated carbocycles. The Kier molecular flexibility index (Phi) is 4.81. The van der Waals surface area contributed by atoms with Crippen LogP contribution in [0.3, 0.4) is 0 Å². The molecule has 0 aliphatic carbocycles. The number of aromatic nitrogens is 4. The van der Waals surface area contributed by atoms with E-state index in [0.717, 1.165) is 39.3 Å². The predicted octanol–water partition coefficient (Wildman–Crippen LogP) is 4.73. The molecule has 0 atom stereocenters. The van der Waals surface area contributed by atoms with Crippen molar-refractivity contribution in [3.8, 4) is 0 Å². The molecule has 0 unspecified atom stereocenters. The highest BCUT2D eigenvalue weighted by Crippen LogP contribution is 2.26. The van der Waals surface area contributed by atoms with Gasteiger partial charge in [0.15, 0.2) is 5.65 Å². The second-order valence-corrected chi connectivity index (χ2v) is 7.74. The zero-order valence-electron chi connectivity index (χ0n) is 16.4. The molecular formula is C21H23ClN6. The number of fused-ring (bicyclic) bond motifs is 2. The summed E-state index contributed by atoms with van der Waals surface area (Å²) in [5, 5.41) is 9.46. The van der Waals surface area contributed by atoms with Crippen molar-refractivity contribution in [1.29, 1.82) is 0 Å². The molecular weight excluding hydrogens is 372 g/mol. The number of halogens is 1. The maximum Gasteiger partial charge on any atom is 0.162 e. The van der Waals surface area contributed by atoms with E-state index in [1.807, 2.05) is 26.4 Å². The second kappa shape index (κ2) is 7.28. The van der Waals surface area contributed by atoms with Gasteiger partial charge in [-0.3, -0.25) is 0 Å². The van der Waals surface area contributed by atoms with Gasteiger partial charge in [0.2, 0.25) is 0 Å². The summed E-state index contributed by atoms with van der Waals surface area (Å²) in [6.45, 7) is 4.80. The fourth-order valence-electron chi connectivity index (χ4n) is 3.30. The van der Waals surface area contributed by atoms with E-state index in [-0.39, 0.29) is 0 Å². The molecule has 0 aliphatic heterocycles. The van der Waals surface area contributed by atoms with Gasteiger partial charge in [0, 0.05) is 31.1 Å². The zero-order valence-corrected chi connectivity index (χ0v) is 17.2. The summed E-state index contributed by atoms with van der Waals surface area (Å²) in [4.78, 5) is 11.4. The first kappa shape index (κ1) is 18.5. The van der Waals surface area contributed by atoms with Crippen LogP contribution in [-0.2, 0) is 6.54 Å². The van der Waals surface area contributed by atoms with Crippen molar-refractivity contribution in [3.63, 3.8) is 0 Å². The van der Waals surface area contributed by atoms with Crippen molar-refractivity contribution in [2.75, 3.05) is 24.3 Å². The Morgan fingerprint density at radius 3 is 2.71 bits per heavy atom. The van der Waals surface area contributed by atoms with Crippen LogP contribution >= 0.6 is 11.6 Å². The van der Waals surface area contributed by atoms with Crippen molar-refractivity contribution in [1.82, 2.24) is 19.6 Å². The average molecular weight is 395 g/mol. The zero-order chi connectivity index (χ0) is 19.8. The van der Waals surface area contributed by atoms with E-state index in [0.29, 0.717) is 17.6 Å². The summed E-state index contributed by atoms with van der Waals surface area (Å²) >= 11 is 6.26. The number of anilines is 2. The van der Waals surface area contributed by atoms with Gasteiger partial charge in [0.25, 0.3) is 0 Å². The second-order valence-electron chi connectivity index (χ2n) is 7.35. The van der Waals surface area contributed by atoms with E-state index in [2.05, 4.69) is 58.4 Å². The first-order valence-electron chi connectivity index (χ1n) is 9.28. The minimum Gasteiger partial charge on any atom is -0.376 e. The van der Waals surface area contributed by atoms with Crippen molar-refractivity contribution >= 4 is 39.7 Å².